The zero-order valence-corrected chi connectivity index (χ0v) is 16.0. The number of ether oxygens (including phenoxy) is 2. The number of halogens is 3. The molecule has 162 valence electrons. The Balaban J connectivity index is 1.59. The van der Waals surface area contributed by atoms with Crippen LogP contribution in [-0.4, -0.2) is 37.7 Å². The fourth-order valence-corrected chi connectivity index (χ4v) is 2.93. The topological polar surface area (TPSA) is 89.8 Å². The van der Waals surface area contributed by atoms with Crippen LogP contribution in [0.2, 0.25) is 0 Å². The number of benzene rings is 1. The van der Waals surface area contributed by atoms with Gasteiger partial charge in [0.05, 0.1) is 43.3 Å². The fraction of sp³-hybridized carbons (Fsp3) is 0.400. The summed E-state index contributed by atoms with van der Waals surface area (Å²) >= 11 is 0. The van der Waals surface area contributed by atoms with Crippen LogP contribution < -0.4 is 10.6 Å². The number of furan rings is 1. The molecule has 10 heteroatoms. The van der Waals surface area contributed by atoms with Gasteiger partial charge in [0.25, 0.3) is 5.91 Å². The molecule has 1 unspecified atom stereocenters. The second-order valence-corrected chi connectivity index (χ2v) is 6.70. The highest BCUT2D eigenvalue weighted by Crippen LogP contribution is 2.36. The number of anilines is 2. The fourth-order valence-electron chi connectivity index (χ4n) is 2.93. The minimum atomic E-state index is -4.73. The lowest BCUT2D eigenvalue weighted by Gasteiger charge is -2.16. The molecule has 3 rings (SSSR count). The number of hydrogen-bond acceptors (Lipinski definition) is 5. The lowest BCUT2D eigenvalue weighted by atomic mass is 10.1. The highest BCUT2D eigenvalue weighted by molar-refractivity contribution is 6.02. The molecule has 1 saturated heterocycles. The van der Waals surface area contributed by atoms with E-state index in [-0.39, 0.29) is 30.6 Å². The first kappa shape index (κ1) is 21.8. The van der Waals surface area contributed by atoms with Crippen molar-refractivity contribution in [3.8, 4) is 0 Å². The van der Waals surface area contributed by atoms with Gasteiger partial charge in [-0.1, -0.05) is 0 Å². The van der Waals surface area contributed by atoms with Crippen molar-refractivity contribution in [1.29, 1.82) is 0 Å². The summed E-state index contributed by atoms with van der Waals surface area (Å²) in [6.45, 7) is 1.11. The van der Waals surface area contributed by atoms with Crippen molar-refractivity contribution >= 4 is 23.2 Å². The molecule has 0 aliphatic carbocycles. The number of carbonyl (C=O) groups excluding carboxylic acids is 2. The Morgan fingerprint density at radius 2 is 2.03 bits per heavy atom. The third kappa shape index (κ3) is 6.07. The van der Waals surface area contributed by atoms with Crippen molar-refractivity contribution < 1.29 is 36.7 Å². The molecule has 1 atom stereocenters. The van der Waals surface area contributed by atoms with Gasteiger partial charge in [-0.2, -0.15) is 13.2 Å². The van der Waals surface area contributed by atoms with Gasteiger partial charge in [0.15, 0.2) is 5.76 Å². The van der Waals surface area contributed by atoms with Crippen molar-refractivity contribution in [3.63, 3.8) is 0 Å². The van der Waals surface area contributed by atoms with Gasteiger partial charge < -0.3 is 24.5 Å². The molecule has 0 bridgehead atoms. The maximum absolute atomic E-state index is 13.4. The summed E-state index contributed by atoms with van der Waals surface area (Å²) in [4.78, 5) is 24.0. The Hall–Kier alpha value is -2.85. The van der Waals surface area contributed by atoms with E-state index in [1.54, 1.807) is 0 Å². The van der Waals surface area contributed by atoms with Crippen LogP contribution >= 0.6 is 0 Å². The Kier molecular flexibility index (Phi) is 7.11. The first-order valence-electron chi connectivity index (χ1n) is 9.38. The largest absolute Gasteiger partial charge is 0.459 e. The second-order valence-electron chi connectivity index (χ2n) is 6.70. The van der Waals surface area contributed by atoms with E-state index in [0.717, 1.165) is 25.0 Å². The molecule has 1 aliphatic heterocycles. The molecule has 1 aromatic heterocycles. The predicted octanol–water partition coefficient (Wildman–Crippen LogP) is 4.07. The lowest BCUT2D eigenvalue weighted by molar-refractivity contribution is -0.136. The second kappa shape index (κ2) is 9.77. The number of carbonyl (C=O) groups is 2. The van der Waals surface area contributed by atoms with Crippen LogP contribution in [0, 0.1) is 0 Å². The van der Waals surface area contributed by atoms with Crippen molar-refractivity contribution in [3.05, 3.63) is 47.9 Å². The Morgan fingerprint density at radius 1 is 1.20 bits per heavy atom. The SMILES string of the molecule is O=C(CCOCC1CCCO1)Nc1ccc(NC(=O)c2ccco2)cc1C(F)(F)F. The first-order chi connectivity index (χ1) is 14.3. The van der Waals surface area contributed by atoms with Gasteiger partial charge in [-0.3, -0.25) is 9.59 Å². The summed E-state index contributed by atoms with van der Waals surface area (Å²) in [7, 11) is 0. The molecule has 0 saturated carbocycles. The zero-order chi connectivity index (χ0) is 21.6. The van der Waals surface area contributed by atoms with Crippen LogP contribution in [0.3, 0.4) is 0 Å². The highest BCUT2D eigenvalue weighted by Gasteiger charge is 2.34. The molecule has 2 aromatic rings. The Bertz CT molecular complexity index is 862. The normalized spacial score (nSPS) is 16.4. The molecular formula is C20H21F3N2O5. The van der Waals surface area contributed by atoms with E-state index in [1.807, 2.05) is 0 Å². The van der Waals surface area contributed by atoms with Gasteiger partial charge in [0, 0.05) is 12.3 Å². The molecule has 0 radical (unpaired) electrons. The predicted molar refractivity (Wildman–Crippen MR) is 101 cm³/mol. The van der Waals surface area contributed by atoms with Gasteiger partial charge in [0.1, 0.15) is 0 Å². The van der Waals surface area contributed by atoms with E-state index in [1.165, 1.54) is 24.5 Å². The molecule has 1 fully saturated rings. The first-order valence-corrected chi connectivity index (χ1v) is 9.38. The van der Waals surface area contributed by atoms with E-state index in [0.29, 0.717) is 13.2 Å². The summed E-state index contributed by atoms with van der Waals surface area (Å²) in [5.74, 6) is -1.34. The third-order valence-corrected chi connectivity index (χ3v) is 4.40. The summed E-state index contributed by atoms with van der Waals surface area (Å²) in [5, 5.41) is 4.58. The lowest BCUT2D eigenvalue weighted by Crippen LogP contribution is -2.20. The van der Waals surface area contributed by atoms with Gasteiger partial charge in [-0.15, -0.1) is 0 Å². The van der Waals surface area contributed by atoms with Crippen molar-refractivity contribution in [2.75, 3.05) is 30.5 Å². The summed E-state index contributed by atoms with van der Waals surface area (Å²) in [5.41, 5.74) is -1.56. The summed E-state index contributed by atoms with van der Waals surface area (Å²) in [6, 6.07) is 5.98. The minimum absolute atomic E-state index is 0.00817. The molecule has 1 aliphatic rings. The van der Waals surface area contributed by atoms with Gasteiger partial charge in [-0.25, -0.2) is 0 Å². The van der Waals surface area contributed by atoms with Crippen LogP contribution in [0.4, 0.5) is 24.5 Å². The molecular weight excluding hydrogens is 405 g/mol. The average molecular weight is 426 g/mol. The molecule has 1 aromatic carbocycles. The highest BCUT2D eigenvalue weighted by atomic mass is 19.4. The average Bonchev–Trinajstić information content (AvgIpc) is 3.39. The third-order valence-electron chi connectivity index (χ3n) is 4.40. The molecule has 2 amide bonds. The van der Waals surface area contributed by atoms with Crippen LogP contribution in [-0.2, 0) is 20.4 Å². The summed E-state index contributed by atoms with van der Waals surface area (Å²) < 4.78 is 56.0. The minimum Gasteiger partial charge on any atom is -0.459 e. The van der Waals surface area contributed by atoms with Gasteiger partial charge >= 0.3 is 6.18 Å². The van der Waals surface area contributed by atoms with Crippen LogP contribution in [0.5, 0.6) is 0 Å². The van der Waals surface area contributed by atoms with Gasteiger partial charge in [-0.05, 0) is 43.2 Å². The van der Waals surface area contributed by atoms with Gasteiger partial charge in [0.2, 0.25) is 5.91 Å². The maximum atomic E-state index is 13.4. The summed E-state index contributed by atoms with van der Waals surface area (Å²) in [6.07, 6.45) is -1.69. The molecule has 0 spiro atoms. The van der Waals surface area contributed by atoms with E-state index >= 15 is 0 Å². The maximum Gasteiger partial charge on any atom is 0.418 e. The van der Waals surface area contributed by atoms with Crippen LogP contribution in [0.1, 0.15) is 35.4 Å². The van der Waals surface area contributed by atoms with Crippen molar-refractivity contribution in [2.24, 2.45) is 0 Å². The number of nitrogens with one attached hydrogen (secondary N) is 2. The molecule has 7 nitrogen and oxygen atoms in total. The standard InChI is InChI=1S/C20H21F3N2O5/c21-20(22,23)15-11-13(24-19(27)17-4-2-9-30-17)5-6-16(15)25-18(26)7-10-28-12-14-3-1-8-29-14/h2,4-6,9,11,14H,1,3,7-8,10,12H2,(H,24,27)(H,25,26). The molecule has 2 N–H and O–H groups in total. The number of rotatable bonds is 8. The number of alkyl halides is 3. The Labute approximate surface area is 170 Å². The Morgan fingerprint density at radius 3 is 2.70 bits per heavy atom. The smallest absolute Gasteiger partial charge is 0.418 e. The van der Waals surface area contributed by atoms with E-state index < -0.39 is 29.2 Å². The molecule has 2 heterocycles. The quantitative estimate of drug-likeness (QED) is 0.621. The zero-order valence-electron chi connectivity index (χ0n) is 16.0. The number of amides is 2. The van der Waals surface area contributed by atoms with Crippen LogP contribution in [0.15, 0.2) is 41.0 Å². The van der Waals surface area contributed by atoms with E-state index in [9.17, 15) is 22.8 Å². The number of hydrogen-bond donors (Lipinski definition) is 2. The van der Waals surface area contributed by atoms with Crippen molar-refractivity contribution in [1.82, 2.24) is 0 Å². The van der Waals surface area contributed by atoms with Crippen molar-refractivity contribution in [2.45, 2.75) is 31.5 Å². The molecule has 30 heavy (non-hydrogen) atoms. The van der Waals surface area contributed by atoms with Crippen LogP contribution in [0.25, 0.3) is 0 Å². The monoisotopic (exact) mass is 426 g/mol. The van der Waals surface area contributed by atoms with E-state index in [2.05, 4.69) is 10.6 Å². The van der Waals surface area contributed by atoms with E-state index in [4.69, 9.17) is 13.9 Å².